The second-order valence-corrected chi connectivity index (χ2v) is 4.33. The molecule has 0 aromatic rings. The van der Waals surface area contributed by atoms with Gasteiger partial charge in [0.2, 0.25) is 0 Å². The molecule has 1 saturated heterocycles. The minimum atomic E-state index is 0. The first-order valence-corrected chi connectivity index (χ1v) is 6.57. The summed E-state index contributed by atoms with van der Waals surface area (Å²) in [4.78, 5) is 4.10. The number of nitrogens with zero attached hydrogens (tertiary/aromatic N) is 1. The summed E-state index contributed by atoms with van der Waals surface area (Å²) < 4.78 is 10.9. The molecule has 1 aliphatic heterocycles. The molecule has 1 fully saturated rings. The van der Waals surface area contributed by atoms with E-state index < -0.39 is 0 Å². The van der Waals surface area contributed by atoms with Gasteiger partial charge in [-0.2, -0.15) is 0 Å². The Morgan fingerprint density at radius 1 is 1.53 bits per heavy atom. The van der Waals surface area contributed by atoms with Crippen molar-refractivity contribution in [3.8, 4) is 0 Å². The summed E-state index contributed by atoms with van der Waals surface area (Å²) in [5, 5.41) is 6.34. The lowest BCUT2D eigenvalue weighted by Crippen LogP contribution is -2.38. The highest BCUT2D eigenvalue weighted by Gasteiger charge is 2.14. The maximum absolute atomic E-state index is 5.62. The van der Waals surface area contributed by atoms with E-state index in [2.05, 4.69) is 22.2 Å². The molecule has 0 aliphatic carbocycles. The molecule has 6 heteroatoms. The van der Waals surface area contributed by atoms with Gasteiger partial charge in [0.1, 0.15) is 0 Å². The number of hydrogen-bond acceptors (Lipinski definition) is 3. The van der Waals surface area contributed by atoms with Gasteiger partial charge in [0.05, 0.1) is 13.2 Å². The number of ether oxygens (including phenoxy) is 2. The molecule has 0 bridgehead atoms. The maximum Gasteiger partial charge on any atom is 0.191 e. The molecule has 1 atom stereocenters. The lowest BCUT2D eigenvalue weighted by Gasteiger charge is -2.11. The molecule has 0 radical (unpaired) electrons. The van der Waals surface area contributed by atoms with Crippen LogP contribution < -0.4 is 10.6 Å². The third kappa shape index (κ3) is 9.23. The summed E-state index contributed by atoms with van der Waals surface area (Å²) >= 11 is 0. The fourth-order valence-corrected chi connectivity index (χ4v) is 1.74. The van der Waals surface area contributed by atoms with Crippen LogP contribution in [0.4, 0.5) is 0 Å². The lowest BCUT2D eigenvalue weighted by molar-refractivity contribution is 0.0888. The van der Waals surface area contributed by atoms with E-state index in [1.807, 2.05) is 0 Å². The van der Waals surface area contributed by atoms with Crippen molar-refractivity contribution >= 4 is 29.9 Å². The van der Waals surface area contributed by atoms with Crippen LogP contribution in [0.5, 0.6) is 0 Å². The normalized spacial score (nSPS) is 18.8. The Morgan fingerprint density at radius 2 is 2.37 bits per heavy atom. The molecule has 1 heterocycles. The zero-order valence-corrected chi connectivity index (χ0v) is 14.0. The van der Waals surface area contributed by atoms with Crippen LogP contribution in [0.1, 0.15) is 12.8 Å². The monoisotopic (exact) mass is 383 g/mol. The van der Waals surface area contributed by atoms with Gasteiger partial charge < -0.3 is 20.1 Å². The summed E-state index contributed by atoms with van der Waals surface area (Å²) in [7, 11) is 1.76. The van der Waals surface area contributed by atoms with Gasteiger partial charge in [0, 0.05) is 39.3 Å². The topological polar surface area (TPSA) is 54.9 Å². The predicted molar refractivity (Wildman–Crippen MR) is 89.3 cm³/mol. The Bertz CT molecular complexity index is 256. The summed E-state index contributed by atoms with van der Waals surface area (Å²) in [6.45, 7) is 8.58. The third-order valence-corrected chi connectivity index (χ3v) is 2.77. The van der Waals surface area contributed by atoms with Crippen molar-refractivity contribution < 1.29 is 9.47 Å². The van der Waals surface area contributed by atoms with E-state index >= 15 is 0 Å². The number of hydrogen-bond donors (Lipinski definition) is 2. The fourth-order valence-electron chi connectivity index (χ4n) is 1.74. The fraction of sp³-hybridized carbons (Fsp3) is 0.769. The molecule has 0 saturated carbocycles. The van der Waals surface area contributed by atoms with Gasteiger partial charge in [-0.05, 0) is 12.8 Å². The highest BCUT2D eigenvalue weighted by Crippen LogP contribution is 2.12. The van der Waals surface area contributed by atoms with Crippen LogP contribution >= 0.6 is 24.0 Å². The van der Waals surface area contributed by atoms with Gasteiger partial charge in [-0.15, -0.1) is 30.6 Å². The second-order valence-electron chi connectivity index (χ2n) is 4.33. The average molecular weight is 383 g/mol. The van der Waals surface area contributed by atoms with Crippen LogP contribution in [0.15, 0.2) is 17.6 Å². The van der Waals surface area contributed by atoms with Gasteiger partial charge in [-0.3, -0.25) is 4.99 Å². The Balaban J connectivity index is 0.00000324. The molecule has 1 rings (SSSR count). The number of rotatable bonds is 8. The van der Waals surface area contributed by atoms with Crippen molar-refractivity contribution in [3.05, 3.63) is 12.7 Å². The Morgan fingerprint density at radius 3 is 3.00 bits per heavy atom. The van der Waals surface area contributed by atoms with Crippen LogP contribution in [0.25, 0.3) is 0 Å². The largest absolute Gasteiger partial charge is 0.381 e. The molecule has 112 valence electrons. The van der Waals surface area contributed by atoms with Gasteiger partial charge >= 0.3 is 0 Å². The zero-order chi connectivity index (χ0) is 13.1. The van der Waals surface area contributed by atoms with E-state index in [1.54, 1.807) is 13.1 Å². The van der Waals surface area contributed by atoms with Crippen molar-refractivity contribution in [1.29, 1.82) is 0 Å². The van der Waals surface area contributed by atoms with Gasteiger partial charge in [-0.25, -0.2) is 0 Å². The summed E-state index contributed by atoms with van der Waals surface area (Å²) in [6.07, 6.45) is 3.92. The average Bonchev–Trinajstić information content (AvgIpc) is 2.90. The molecule has 0 spiro atoms. The van der Waals surface area contributed by atoms with Crippen LogP contribution in [-0.2, 0) is 9.47 Å². The molecule has 0 aromatic carbocycles. The van der Waals surface area contributed by atoms with Crippen LogP contribution in [-0.4, -0.2) is 52.5 Å². The minimum absolute atomic E-state index is 0. The van der Waals surface area contributed by atoms with Crippen molar-refractivity contribution in [2.45, 2.75) is 12.8 Å². The van der Waals surface area contributed by atoms with Crippen molar-refractivity contribution in [1.82, 2.24) is 10.6 Å². The molecule has 0 amide bonds. The van der Waals surface area contributed by atoms with Crippen molar-refractivity contribution in [2.75, 3.05) is 46.6 Å². The van der Waals surface area contributed by atoms with Crippen LogP contribution in [0, 0.1) is 5.92 Å². The van der Waals surface area contributed by atoms with Crippen LogP contribution in [0.3, 0.4) is 0 Å². The molecular weight excluding hydrogens is 357 g/mol. The Kier molecular flexibility index (Phi) is 12.5. The molecule has 1 aliphatic rings. The van der Waals surface area contributed by atoms with E-state index in [9.17, 15) is 0 Å². The molecule has 5 nitrogen and oxygen atoms in total. The first-order valence-electron chi connectivity index (χ1n) is 6.57. The second kappa shape index (κ2) is 12.7. The summed E-state index contributed by atoms with van der Waals surface area (Å²) in [5.41, 5.74) is 0. The minimum Gasteiger partial charge on any atom is -0.381 e. The number of guanidine groups is 1. The first kappa shape index (κ1) is 18.7. The molecular formula is C13H26IN3O2. The molecule has 2 N–H and O–H groups in total. The maximum atomic E-state index is 5.62. The molecule has 1 unspecified atom stereocenters. The standard InChI is InChI=1S/C13H25N3O2.HI/c1-3-6-15-13(14-2)16-7-4-8-17-10-12-5-9-18-11-12;/h3,12H,1,4-11H2,2H3,(H2,14,15,16);1H. The Hall–Kier alpha value is -0.340. The predicted octanol–water partition coefficient (Wildman–Crippen LogP) is 1.40. The van der Waals surface area contributed by atoms with Crippen molar-refractivity contribution in [2.24, 2.45) is 10.9 Å². The van der Waals surface area contributed by atoms with Gasteiger partial charge in [-0.1, -0.05) is 6.08 Å². The molecule has 0 aromatic heterocycles. The van der Waals surface area contributed by atoms with E-state index in [0.29, 0.717) is 5.92 Å². The van der Waals surface area contributed by atoms with Crippen LogP contribution in [0.2, 0.25) is 0 Å². The third-order valence-electron chi connectivity index (χ3n) is 2.77. The number of aliphatic imine (C=N–C) groups is 1. The summed E-state index contributed by atoms with van der Waals surface area (Å²) in [5.74, 6) is 1.40. The van der Waals surface area contributed by atoms with Gasteiger partial charge in [0.15, 0.2) is 5.96 Å². The number of halogens is 1. The highest BCUT2D eigenvalue weighted by molar-refractivity contribution is 14.0. The van der Waals surface area contributed by atoms with E-state index in [1.165, 1.54) is 0 Å². The first-order chi connectivity index (χ1) is 8.86. The zero-order valence-electron chi connectivity index (χ0n) is 11.7. The van der Waals surface area contributed by atoms with E-state index in [4.69, 9.17) is 9.47 Å². The smallest absolute Gasteiger partial charge is 0.191 e. The Labute approximate surface area is 133 Å². The van der Waals surface area contributed by atoms with Gasteiger partial charge in [0.25, 0.3) is 0 Å². The summed E-state index contributed by atoms with van der Waals surface area (Å²) in [6, 6.07) is 0. The molecule has 19 heavy (non-hydrogen) atoms. The quantitative estimate of drug-likeness (QED) is 0.219. The SMILES string of the molecule is C=CCNC(=NC)NCCCOCC1CCOC1.I. The lowest BCUT2D eigenvalue weighted by atomic mass is 10.1. The van der Waals surface area contributed by atoms with Crippen molar-refractivity contribution in [3.63, 3.8) is 0 Å². The van der Waals surface area contributed by atoms with E-state index in [-0.39, 0.29) is 24.0 Å². The number of nitrogens with one attached hydrogen (secondary N) is 2. The highest BCUT2D eigenvalue weighted by atomic mass is 127. The van der Waals surface area contributed by atoms with E-state index in [0.717, 1.165) is 58.3 Å².